The van der Waals surface area contributed by atoms with Gasteiger partial charge in [0.15, 0.2) is 5.75 Å². The zero-order chi connectivity index (χ0) is 19.5. The summed E-state index contributed by atoms with van der Waals surface area (Å²) in [5, 5.41) is 9.81. The number of rotatable bonds is 6. The van der Waals surface area contributed by atoms with E-state index < -0.39 is 17.5 Å². The second-order valence-corrected chi connectivity index (χ2v) is 6.29. The molecule has 0 bridgehead atoms. The van der Waals surface area contributed by atoms with Crippen molar-refractivity contribution < 1.29 is 24.3 Å². The van der Waals surface area contributed by atoms with Crippen molar-refractivity contribution in [2.75, 3.05) is 7.11 Å². The summed E-state index contributed by atoms with van der Waals surface area (Å²) < 4.78 is 5.10. The summed E-state index contributed by atoms with van der Waals surface area (Å²) in [6.07, 6.45) is 0. The molecule has 1 heterocycles. The Morgan fingerprint density at radius 1 is 1.19 bits per heavy atom. The first-order chi connectivity index (χ1) is 12.2. The molecule has 0 aliphatic rings. The summed E-state index contributed by atoms with van der Waals surface area (Å²) in [7, 11) is 1.33. The summed E-state index contributed by atoms with van der Waals surface area (Å²) in [6.45, 7) is 2.98. The minimum absolute atomic E-state index is 0.0472. The number of carbonyl (C=O) groups excluding carboxylic acids is 1. The van der Waals surface area contributed by atoms with Crippen molar-refractivity contribution in [2.24, 2.45) is 0 Å². The number of carboxylic acid groups (broad SMARTS) is 1. The van der Waals surface area contributed by atoms with Gasteiger partial charge in [-0.15, -0.1) is 0 Å². The molecule has 1 aromatic carbocycles. The Bertz CT molecular complexity index is 859. The molecule has 0 aliphatic carbocycles. The van der Waals surface area contributed by atoms with Gasteiger partial charge in [0.05, 0.1) is 22.8 Å². The average molecular weight is 399 g/mol. The Morgan fingerprint density at radius 3 is 2.42 bits per heavy atom. The smallest absolute Gasteiger partial charge is 0.344 e. The molecule has 138 valence electrons. The van der Waals surface area contributed by atoms with Crippen LogP contribution in [0.15, 0.2) is 30.3 Å². The van der Waals surface area contributed by atoms with Crippen LogP contribution >= 0.6 is 23.2 Å². The zero-order valence-corrected chi connectivity index (χ0v) is 15.7. The maximum atomic E-state index is 12.5. The number of ether oxygens (including phenoxy) is 1. The third kappa shape index (κ3) is 3.90. The summed E-state index contributed by atoms with van der Waals surface area (Å²) in [6, 6.07) is 7.72. The molecule has 0 saturated carbocycles. The van der Waals surface area contributed by atoms with Gasteiger partial charge in [-0.1, -0.05) is 29.3 Å². The van der Waals surface area contributed by atoms with Crippen LogP contribution in [0.4, 0.5) is 0 Å². The van der Waals surface area contributed by atoms with Gasteiger partial charge in [-0.05, 0) is 38.1 Å². The van der Waals surface area contributed by atoms with E-state index in [2.05, 4.69) is 10.5 Å². The van der Waals surface area contributed by atoms with Crippen LogP contribution in [0.1, 0.15) is 28.7 Å². The van der Waals surface area contributed by atoms with E-state index in [-0.39, 0.29) is 27.1 Å². The van der Waals surface area contributed by atoms with Gasteiger partial charge in [-0.25, -0.2) is 15.1 Å². The predicted octanol–water partition coefficient (Wildman–Crippen LogP) is 3.37. The molecule has 2 aromatic rings. The third-order valence-corrected chi connectivity index (χ3v) is 4.24. The van der Waals surface area contributed by atoms with E-state index in [1.54, 1.807) is 19.1 Å². The van der Waals surface area contributed by atoms with Gasteiger partial charge in [0.25, 0.3) is 5.91 Å². The van der Waals surface area contributed by atoms with Crippen molar-refractivity contribution in [2.45, 2.75) is 19.4 Å². The fraction of sp³-hybridized carbons (Fsp3) is 0.235. The minimum atomic E-state index is -1.92. The normalized spacial score (nSPS) is 13.0. The van der Waals surface area contributed by atoms with Crippen LogP contribution < -0.4 is 10.2 Å². The molecule has 1 atom stereocenters. The molecule has 1 aromatic heterocycles. The number of hydrogen-bond donors (Lipinski definition) is 2. The number of hydroxylamine groups is 1. The van der Waals surface area contributed by atoms with Crippen LogP contribution in [0.2, 0.25) is 10.0 Å². The van der Waals surface area contributed by atoms with Crippen molar-refractivity contribution in [1.29, 1.82) is 0 Å². The average Bonchev–Trinajstić information content (AvgIpc) is 2.60. The number of methoxy groups -OCH3 is 1. The Kier molecular flexibility index (Phi) is 6.07. The van der Waals surface area contributed by atoms with Gasteiger partial charge in [0, 0.05) is 5.69 Å². The number of halogens is 2. The summed E-state index contributed by atoms with van der Waals surface area (Å²) in [5.41, 5.74) is 0.826. The molecule has 7 nitrogen and oxygen atoms in total. The molecular formula is C17H16Cl2N2O5. The van der Waals surface area contributed by atoms with E-state index in [1.807, 2.05) is 0 Å². The lowest BCUT2D eigenvalue weighted by atomic mass is 10.0. The Labute approximate surface area is 159 Å². The van der Waals surface area contributed by atoms with E-state index in [4.69, 9.17) is 32.8 Å². The largest absolute Gasteiger partial charge is 0.494 e. The highest BCUT2D eigenvalue weighted by Gasteiger charge is 2.40. The molecule has 1 amide bonds. The van der Waals surface area contributed by atoms with E-state index >= 15 is 0 Å². The summed E-state index contributed by atoms with van der Waals surface area (Å²) in [4.78, 5) is 33.6. The number of benzene rings is 1. The van der Waals surface area contributed by atoms with Gasteiger partial charge >= 0.3 is 5.97 Å². The Morgan fingerprint density at radius 2 is 1.85 bits per heavy atom. The van der Waals surface area contributed by atoms with E-state index in [1.165, 1.54) is 32.2 Å². The van der Waals surface area contributed by atoms with Gasteiger partial charge in [-0.3, -0.25) is 9.78 Å². The quantitative estimate of drug-likeness (QED) is 0.723. The molecule has 9 heteroatoms. The van der Waals surface area contributed by atoms with E-state index in [9.17, 15) is 14.7 Å². The first kappa shape index (κ1) is 20.0. The van der Waals surface area contributed by atoms with Crippen LogP contribution in [-0.4, -0.2) is 29.1 Å². The molecular weight excluding hydrogens is 383 g/mol. The van der Waals surface area contributed by atoms with Crippen LogP contribution in [0, 0.1) is 6.92 Å². The number of nitrogens with one attached hydrogen (secondary N) is 1. The van der Waals surface area contributed by atoms with Crippen molar-refractivity contribution in [3.05, 3.63) is 57.3 Å². The molecule has 2 N–H and O–H groups in total. The standard InChI is InChI=1S/C17H16Cl2N2O5/c1-9-5-4-6-12(20-9)17(2,16(23)24)26-21-15(22)13-10(18)7-8-11(19)14(13)25-3/h4-8H,1-3H3,(H,21,22)(H,23,24). The van der Waals surface area contributed by atoms with Crippen molar-refractivity contribution in [3.8, 4) is 5.75 Å². The van der Waals surface area contributed by atoms with Crippen LogP contribution in [0.25, 0.3) is 0 Å². The molecule has 26 heavy (non-hydrogen) atoms. The van der Waals surface area contributed by atoms with Gasteiger partial charge in [0.1, 0.15) is 5.56 Å². The first-order valence-electron chi connectivity index (χ1n) is 7.38. The highest BCUT2D eigenvalue weighted by Crippen LogP contribution is 2.34. The number of aryl methyl sites for hydroxylation is 1. The maximum absolute atomic E-state index is 12.5. The van der Waals surface area contributed by atoms with Crippen molar-refractivity contribution in [3.63, 3.8) is 0 Å². The van der Waals surface area contributed by atoms with E-state index in [0.717, 1.165) is 0 Å². The highest BCUT2D eigenvalue weighted by atomic mass is 35.5. The minimum Gasteiger partial charge on any atom is -0.494 e. The zero-order valence-electron chi connectivity index (χ0n) is 14.2. The second kappa shape index (κ2) is 7.90. The molecule has 0 radical (unpaired) electrons. The topological polar surface area (TPSA) is 97.8 Å². The lowest BCUT2D eigenvalue weighted by molar-refractivity contribution is -0.173. The predicted molar refractivity (Wildman–Crippen MR) is 95.5 cm³/mol. The number of hydrogen-bond acceptors (Lipinski definition) is 5. The number of pyridine rings is 1. The number of carboxylic acids is 1. The number of carbonyl (C=O) groups is 2. The molecule has 0 fully saturated rings. The Balaban J connectivity index is 2.32. The third-order valence-electron chi connectivity index (χ3n) is 3.62. The van der Waals surface area contributed by atoms with Crippen LogP contribution in [-0.2, 0) is 15.2 Å². The monoisotopic (exact) mass is 398 g/mol. The maximum Gasteiger partial charge on any atom is 0.344 e. The number of amides is 1. The Hall–Kier alpha value is -2.35. The molecule has 2 rings (SSSR count). The number of nitrogens with zero attached hydrogens (tertiary/aromatic N) is 1. The van der Waals surface area contributed by atoms with Gasteiger partial charge < -0.3 is 9.84 Å². The number of aliphatic carboxylic acids is 1. The molecule has 0 aliphatic heterocycles. The van der Waals surface area contributed by atoms with Crippen LogP contribution in [0.3, 0.4) is 0 Å². The van der Waals surface area contributed by atoms with E-state index in [0.29, 0.717) is 5.69 Å². The molecule has 0 saturated heterocycles. The van der Waals surface area contributed by atoms with Crippen molar-refractivity contribution in [1.82, 2.24) is 10.5 Å². The van der Waals surface area contributed by atoms with Crippen molar-refractivity contribution >= 4 is 35.1 Å². The SMILES string of the molecule is COc1c(Cl)ccc(Cl)c1C(=O)NOC(C)(C(=O)O)c1cccc(C)n1. The van der Waals surface area contributed by atoms with Crippen LogP contribution in [0.5, 0.6) is 5.75 Å². The molecule has 0 spiro atoms. The fourth-order valence-corrected chi connectivity index (χ4v) is 2.63. The lowest BCUT2D eigenvalue weighted by Gasteiger charge is -2.24. The lowest BCUT2D eigenvalue weighted by Crippen LogP contribution is -2.43. The highest BCUT2D eigenvalue weighted by molar-refractivity contribution is 6.37. The van der Waals surface area contributed by atoms with Gasteiger partial charge in [0.2, 0.25) is 5.60 Å². The summed E-state index contributed by atoms with van der Waals surface area (Å²) in [5.74, 6) is -2.10. The second-order valence-electron chi connectivity index (χ2n) is 5.47. The summed E-state index contributed by atoms with van der Waals surface area (Å²) >= 11 is 12.0. The first-order valence-corrected chi connectivity index (χ1v) is 8.14. The molecule has 1 unspecified atom stereocenters. The van der Waals surface area contributed by atoms with Gasteiger partial charge in [-0.2, -0.15) is 0 Å². The number of aromatic nitrogens is 1. The fourth-order valence-electron chi connectivity index (χ4n) is 2.16.